The second kappa shape index (κ2) is 10.4. The summed E-state index contributed by atoms with van der Waals surface area (Å²) in [6, 6.07) is 49.8. The molecule has 1 heterocycles. The number of benzene rings is 7. The lowest BCUT2D eigenvalue weighted by atomic mass is 9.92. The van der Waals surface area contributed by atoms with Gasteiger partial charge in [-0.1, -0.05) is 115 Å². The Morgan fingerprint density at radius 2 is 1.02 bits per heavy atom. The Bertz CT molecular complexity index is 2300. The summed E-state index contributed by atoms with van der Waals surface area (Å²) >= 11 is 0. The summed E-state index contributed by atoms with van der Waals surface area (Å²) in [6.45, 7) is 0.402. The van der Waals surface area contributed by atoms with Crippen molar-refractivity contribution in [3.8, 4) is 11.1 Å². The lowest BCUT2D eigenvalue weighted by Crippen LogP contribution is -1.98. The molecule has 0 saturated heterocycles. The molecule has 0 unspecified atom stereocenters. The first-order valence-electron chi connectivity index (χ1n) is 14.7. The Hall–Kier alpha value is -5.51. The molecule has 2 N–H and O–H groups in total. The second-order valence-electron chi connectivity index (χ2n) is 10.9. The van der Waals surface area contributed by atoms with E-state index in [9.17, 15) is 0 Å². The molecule has 0 fully saturated rings. The fraction of sp³-hybridized carbons (Fsp3) is 0.0250. The smallest absolute Gasteiger partial charge is 0.100 e. The zero-order chi connectivity index (χ0) is 28.8. The van der Waals surface area contributed by atoms with Crippen molar-refractivity contribution >= 4 is 66.2 Å². The summed E-state index contributed by atoms with van der Waals surface area (Å²) in [6.07, 6.45) is 3.91. The molecular formula is C40H29N3. The first kappa shape index (κ1) is 25.2. The van der Waals surface area contributed by atoms with Crippen molar-refractivity contribution in [1.29, 1.82) is 0 Å². The molecule has 1 aromatic heterocycles. The molecule has 7 aromatic carbocycles. The van der Waals surface area contributed by atoms with Gasteiger partial charge in [-0.2, -0.15) is 0 Å². The highest BCUT2D eigenvalue weighted by molar-refractivity contribution is 6.25. The van der Waals surface area contributed by atoms with E-state index in [4.69, 9.17) is 10.7 Å². The molecular weight excluding hydrogens is 522 g/mol. The van der Waals surface area contributed by atoms with Crippen LogP contribution in [-0.4, -0.2) is 17.5 Å². The second-order valence-corrected chi connectivity index (χ2v) is 10.9. The van der Waals surface area contributed by atoms with Crippen molar-refractivity contribution < 1.29 is 0 Å². The maximum atomic E-state index is 6.05. The number of aromatic nitrogens is 1. The summed E-state index contributed by atoms with van der Waals surface area (Å²) in [5.74, 6) is 0. The van der Waals surface area contributed by atoms with Gasteiger partial charge in [0.1, 0.15) is 6.34 Å². The molecule has 0 amide bonds. The number of hydrogen-bond donors (Lipinski definition) is 1. The van der Waals surface area contributed by atoms with Gasteiger partial charge in [-0.3, -0.25) is 4.57 Å². The monoisotopic (exact) mass is 551 g/mol. The number of nitrogens with two attached hydrogens (primary N) is 1. The van der Waals surface area contributed by atoms with Crippen LogP contribution >= 0.6 is 0 Å². The fourth-order valence-corrected chi connectivity index (χ4v) is 6.50. The van der Waals surface area contributed by atoms with Crippen molar-refractivity contribution in [2.45, 2.75) is 0 Å². The number of para-hydroxylation sites is 2. The molecule has 0 aliphatic rings. The third kappa shape index (κ3) is 4.21. The Balaban J connectivity index is 1.23. The van der Waals surface area contributed by atoms with E-state index in [2.05, 4.69) is 144 Å². The molecule has 8 rings (SSSR count). The zero-order valence-corrected chi connectivity index (χ0v) is 23.6. The largest absolute Gasteiger partial charge is 0.327 e. The van der Waals surface area contributed by atoms with Gasteiger partial charge in [0.2, 0.25) is 0 Å². The van der Waals surface area contributed by atoms with Crippen LogP contribution in [0.4, 0.5) is 0 Å². The van der Waals surface area contributed by atoms with Crippen LogP contribution in [0.5, 0.6) is 0 Å². The van der Waals surface area contributed by atoms with Gasteiger partial charge in [-0.25, -0.2) is 4.99 Å². The van der Waals surface area contributed by atoms with Gasteiger partial charge in [0.25, 0.3) is 0 Å². The highest BCUT2D eigenvalue weighted by atomic mass is 15.0. The Morgan fingerprint density at radius 3 is 1.63 bits per heavy atom. The van der Waals surface area contributed by atoms with Crippen LogP contribution in [0.15, 0.2) is 151 Å². The third-order valence-corrected chi connectivity index (χ3v) is 8.48. The minimum Gasteiger partial charge on any atom is -0.327 e. The molecule has 43 heavy (non-hydrogen) atoms. The average Bonchev–Trinajstić information content (AvgIpc) is 3.40. The van der Waals surface area contributed by atoms with E-state index in [1.54, 1.807) is 0 Å². The SMILES string of the molecule is NC/C=C(\N=Cn1c2ccccc2c2ccccc21)c1cccc(-c2ccc3c4ccccc4c4ccccc4c3c2)c1. The van der Waals surface area contributed by atoms with E-state index >= 15 is 0 Å². The van der Waals surface area contributed by atoms with Crippen LogP contribution in [0, 0.1) is 0 Å². The maximum Gasteiger partial charge on any atom is 0.100 e. The van der Waals surface area contributed by atoms with Gasteiger partial charge in [0.15, 0.2) is 0 Å². The van der Waals surface area contributed by atoms with Crippen LogP contribution in [0.3, 0.4) is 0 Å². The van der Waals surface area contributed by atoms with Crippen molar-refractivity contribution in [3.05, 3.63) is 151 Å². The molecule has 0 aliphatic carbocycles. The lowest BCUT2D eigenvalue weighted by Gasteiger charge is -2.12. The van der Waals surface area contributed by atoms with Gasteiger partial charge in [0.05, 0.1) is 16.7 Å². The molecule has 3 heteroatoms. The normalized spacial score (nSPS) is 12.4. The highest BCUT2D eigenvalue weighted by Gasteiger charge is 2.11. The first-order valence-corrected chi connectivity index (χ1v) is 14.7. The van der Waals surface area contributed by atoms with Crippen LogP contribution < -0.4 is 5.73 Å². The van der Waals surface area contributed by atoms with Crippen molar-refractivity contribution in [3.63, 3.8) is 0 Å². The van der Waals surface area contributed by atoms with Crippen LogP contribution in [0.25, 0.3) is 70.9 Å². The Morgan fingerprint density at radius 1 is 0.512 bits per heavy atom. The van der Waals surface area contributed by atoms with E-state index < -0.39 is 0 Å². The summed E-state index contributed by atoms with van der Waals surface area (Å²) in [4.78, 5) is 5.01. The number of rotatable bonds is 5. The predicted molar refractivity (Wildman–Crippen MR) is 185 cm³/mol. The molecule has 0 atom stereocenters. The Labute approximate surface area is 249 Å². The van der Waals surface area contributed by atoms with Gasteiger partial charge in [0, 0.05) is 22.9 Å². The zero-order valence-electron chi connectivity index (χ0n) is 23.6. The number of fused-ring (bicyclic) bond motifs is 9. The van der Waals surface area contributed by atoms with E-state index in [1.165, 1.54) is 48.7 Å². The standard InChI is InChI=1S/C40H29N3/c41-23-22-38(42-26-43-39-18-7-5-16-35(39)36-17-6-8-19-40(36)43)29-11-9-10-27(24-29)28-20-21-34-32-14-2-1-12-30(32)31-13-3-4-15-33(31)37(34)25-28/h1-22,24-26H,23,41H2/b38-22-,42-26?. The molecule has 204 valence electrons. The average molecular weight is 552 g/mol. The van der Waals surface area contributed by atoms with Crippen molar-refractivity contribution in [2.24, 2.45) is 10.7 Å². The first-order chi connectivity index (χ1) is 21.3. The van der Waals surface area contributed by atoms with Gasteiger partial charge in [-0.15, -0.1) is 0 Å². The summed E-state index contributed by atoms with van der Waals surface area (Å²) in [5, 5.41) is 10.1. The molecule has 8 aromatic rings. The highest BCUT2D eigenvalue weighted by Crippen LogP contribution is 2.37. The van der Waals surface area contributed by atoms with Crippen LogP contribution in [0.1, 0.15) is 5.56 Å². The number of nitrogens with zero attached hydrogens (tertiary/aromatic N) is 2. The number of aliphatic imine (C=N–C) groups is 1. The quantitative estimate of drug-likeness (QED) is 0.129. The van der Waals surface area contributed by atoms with Gasteiger partial charge in [-0.05, 0) is 73.8 Å². The van der Waals surface area contributed by atoms with Gasteiger partial charge >= 0.3 is 0 Å². The summed E-state index contributed by atoms with van der Waals surface area (Å²) < 4.78 is 2.16. The molecule has 0 saturated carbocycles. The lowest BCUT2D eigenvalue weighted by molar-refractivity contribution is 1.24. The van der Waals surface area contributed by atoms with Crippen molar-refractivity contribution in [2.75, 3.05) is 6.54 Å². The summed E-state index contributed by atoms with van der Waals surface area (Å²) in [5.41, 5.74) is 12.5. The molecule has 3 nitrogen and oxygen atoms in total. The molecule has 0 bridgehead atoms. The molecule has 0 spiro atoms. The third-order valence-electron chi connectivity index (χ3n) is 8.48. The van der Waals surface area contributed by atoms with E-state index in [0.29, 0.717) is 6.54 Å². The predicted octanol–water partition coefficient (Wildman–Crippen LogP) is 9.80. The molecule has 0 radical (unpaired) electrons. The Kier molecular flexibility index (Phi) is 6.10. The van der Waals surface area contributed by atoms with Crippen LogP contribution in [-0.2, 0) is 0 Å². The van der Waals surface area contributed by atoms with E-state index in [0.717, 1.165) is 27.9 Å². The van der Waals surface area contributed by atoms with E-state index in [-0.39, 0.29) is 0 Å². The van der Waals surface area contributed by atoms with Crippen molar-refractivity contribution in [1.82, 2.24) is 4.57 Å². The fourth-order valence-electron chi connectivity index (χ4n) is 6.50. The van der Waals surface area contributed by atoms with Crippen LogP contribution in [0.2, 0.25) is 0 Å². The van der Waals surface area contributed by atoms with Gasteiger partial charge < -0.3 is 5.73 Å². The molecule has 0 aliphatic heterocycles. The van der Waals surface area contributed by atoms with E-state index in [1.807, 2.05) is 12.4 Å². The minimum atomic E-state index is 0.402. The maximum absolute atomic E-state index is 6.05. The topological polar surface area (TPSA) is 43.3 Å². The summed E-state index contributed by atoms with van der Waals surface area (Å²) in [7, 11) is 0. The number of hydrogen-bond acceptors (Lipinski definition) is 2. The minimum absolute atomic E-state index is 0.402.